The molecule has 2 rings (SSSR count). The second-order valence-electron chi connectivity index (χ2n) is 21.5. The standard InChI is InChI=1S/C60H112O14/c1-3-5-7-9-11-13-15-17-19-20-21-22-23-24-25-26-27-28-29-30-32-34-36-38-40-42-44-69-46-49(72-52(62)43-41-39-37-35-33-31-18-16-14-12-10-8-6-4-2)47-70-59-58(68)56(66)54(64)51(74-59)48-71-60-57(67)55(65)53(63)50(45-61)73-60/h10,12,16,18,49-51,53-61,63-68H,3-9,11,13-15,17,19-48H2,1-2H3/b12-10-,18-16-. The number of rotatable bonds is 50. The topological polar surface area (TPSA) is 214 Å². The summed E-state index contributed by atoms with van der Waals surface area (Å²) >= 11 is 0. The normalized spacial score (nSPS) is 24.9. The second kappa shape index (κ2) is 47.5. The van der Waals surface area contributed by atoms with Gasteiger partial charge in [0.2, 0.25) is 0 Å². The van der Waals surface area contributed by atoms with Gasteiger partial charge in [0.15, 0.2) is 12.6 Å². The van der Waals surface area contributed by atoms with Crippen LogP contribution in [0.2, 0.25) is 0 Å². The van der Waals surface area contributed by atoms with E-state index >= 15 is 0 Å². The number of hydrogen-bond donors (Lipinski definition) is 7. The molecular formula is C60H112O14. The third kappa shape index (κ3) is 33.7. The van der Waals surface area contributed by atoms with Gasteiger partial charge in [-0.1, -0.05) is 231 Å². The van der Waals surface area contributed by atoms with E-state index in [1.54, 1.807) is 0 Å². The Labute approximate surface area is 449 Å². The molecule has 14 heteroatoms. The molecule has 0 spiro atoms. The fourth-order valence-electron chi connectivity index (χ4n) is 9.78. The lowest BCUT2D eigenvalue weighted by Gasteiger charge is -2.42. The van der Waals surface area contributed by atoms with Crippen LogP contribution in [0.3, 0.4) is 0 Å². The van der Waals surface area contributed by atoms with Crippen molar-refractivity contribution >= 4 is 5.97 Å². The highest BCUT2D eigenvalue weighted by atomic mass is 16.7. The maximum Gasteiger partial charge on any atom is 0.306 e. The molecule has 2 fully saturated rings. The van der Waals surface area contributed by atoms with E-state index in [0.717, 1.165) is 64.2 Å². The summed E-state index contributed by atoms with van der Waals surface area (Å²) in [5.41, 5.74) is 0. The predicted octanol–water partition coefficient (Wildman–Crippen LogP) is 11.1. The molecule has 2 heterocycles. The van der Waals surface area contributed by atoms with Gasteiger partial charge in [-0.3, -0.25) is 4.79 Å². The average Bonchev–Trinajstić information content (AvgIpc) is 3.40. The zero-order valence-electron chi connectivity index (χ0n) is 46.8. The Kier molecular flexibility index (Phi) is 44.0. The number of carbonyl (C=O) groups is 1. The molecule has 0 amide bonds. The molecule has 14 nitrogen and oxygen atoms in total. The molecule has 74 heavy (non-hydrogen) atoms. The van der Waals surface area contributed by atoms with Crippen molar-refractivity contribution in [1.29, 1.82) is 0 Å². The van der Waals surface area contributed by atoms with E-state index in [9.17, 15) is 40.5 Å². The van der Waals surface area contributed by atoms with Crippen LogP contribution >= 0.6 is 0 Å². The molecule has 7 N–H and O–H groups in total. The summed E-state index contributed by atoms with van der Waals surface area (Å²) in [5, 5.41) is 72.3. The van der Waals surface area contributed by atoms with E-state index in [0.29, 0.717) is 13.0 Å². The minimum atomic E-state index is -1.71. The van der Waals surface area contributed by atoms with Crippen LogP contribution in [0.1, 0.15) is 251 Å². The molecule has 2 aliphatic heterocycles. The van der Waals surface area contributed by atoms with Gasteiger partial charge in [0.1, 0.15) is 54.9 Å². The number of aliphatic hydroxyl groups excluding tert-OH is 7. The Hall–Kier alpha value is -1.53. The van der Waals surface area contributed by atoms with E-state index in [1.165, 1.54) is 161 Å². The van der Waals surface area contributed by atoms with E-state index < -0.39 is 80.7 Å². The number of hydrogen-bond acceptors (Lipinski definition) is 14. The molecule has 0 aliphatic carbocycles. The number of esters is 1. The molecule has 0 aromatic carbocycles. The smallest absolute Gasteiger partial charge is 0.306 e. The van der Waals surface area contributed by atoms with E-state index in [1.807, 2.05) is 0 Å². The summed E-state index contributed by atoms with van der Waals surface area (Å²) in [6, 6.07) is 0. The van der Waals surface area contributed by atoms with Gasteiger partial charge in [-0.25, -0.2) is 0 Å². The fourth-order valence-corrected chi connectivity index (χ4v) is 9.78. The summed E-state index contributed by atoms with van der Waals surface area (Å²) in [6.07, 6.45) is 38.3. The fraction of sp³-hybridized carbons (Fsp3) is 0.917. The molecule has 436 valence electrons. The molecular weight excluding hydrogens is 945 g/mol. The second-order valence-corrected chi connectivity index (χ2v) is 21.5. The van der Waals surface area contributed by atoms with Crippen LogP contribution in [0.5, 0.6) is 0 Å². The number of allylic oxidation sites excluding steroid dienone is 4. The predicted molar refractivity (Wildman–Crippen MR) is 294 cm³/mol. The van der Waals surface area contributed by atoms with Gasteiger partial charge < -0.3 is 64.2 Å². The maximum absolute atomic E-state index is 13.0. The molecule has 11 unspecified atom stereocenters. The quantitative estimate of drug-likeness (QED) is 0.0172. The zero-order chi connectivity index (χ0) is 53.7. The minimum absolute atomic E-state index is 0.0604. The lowest BCUT2D eigenvalue weighted by molar-refractivity contribution is -0.332. The Balaban J connectivity index is 1.65. The van der Waals surface area contributed by atoms with Gasteiger partial charge in [-0.2, -0.15) is 0 Å². The lowest BCUT2D eigenvalue weighted by Crippen LogP contribution is -2.61. The maximum atomic E-state index is 13.0. The molecule has 11 atom stereocenters. The first-order valence-electron chi connectivity index (χ1n) is 30.4. The van der Waals surface area contributed by atoms with Crippen LogP contribution in [0.15, 0.2) is 24.3 Å². The van der Waals surface area contributed by atoms with Crippen LogP contribution in [-0.2, 0) is 33.2 Å². The summed E-state index contributed by atoms with van der Waals surface area (Å²) in [6.45, 7) is 3.68. The first-order valence-corrected chi connectivity index (χ1v) is 30.4. The number of aliphatic hydroxyl groups is 7. The molecule has 0 aromatic rings. The Morgan fingerprint density at radius 1 is 0.446 bits per heavy atom. The van der Waals surface area contributed by atoms with Crippen molar-refractivity contribution in [2.75, 3.05) is 33.0 Å². The SMILES string of the molecule is CCCC/C=C\C/C=C\CCCCCCCC(=O)OC(COCCCCCCCCCCCCCCCCCCCCCCCCCCCC)COC1OC(COC2OC(CO)C(O)C(O)C2O)C(O)C(O)C1O. The number of carbonyl (C=O) groups excluding carboxylic acids is 1. The van der Waals surface area contributed by atoms with Crippen molar-refractivity contribution in [3.8, 4) is 0 Å². The van der Waals surface area contributed by atoms with Crippen LogP contribution in [0.25, 0.3) is 0 Å². The van der Waals surface area contributed by atoms with Gasteiger partial charge in [0, 0.05) is 13.0 Å². The van der Waals surface area contributed by atoms with Gasteiger partial charge in [-0.15, -0.1) is 0 Å². The van der Waals surface area contributed by atoms with Crippen molar-refractivity contribution in [3.05, 3.63) is 24.3 Å². The summed E-state index contributed by atoms with van der Waals surface area (Å²) in [5.74, 6) is -0.385. The Bertz CT molecular complexity index is 1320. The zero-order valence-corrected chi connectivity index (χ0v) is 46.8. The minimum Gasteiger partial charge on any atom is -0.457 e. The van der Waals surface area contributed by atoms with Gasteiger partial charge in [0.25, 0.3) is 0 Å². The molecule has 0 aromatic heterocycles. The third-order valence-electron chi connectivity index (χ3n) is 14.7. The van der Waals surface area contributed by atoms with Crippen molar-refractivity contribution in [2.24, 2.45) is 0 Å². The summed E-state index contributed by atoms with van der Waals surface area (Å²) in [7, 11) is 0. The van der Waals surface area contributed by atoms with Gasteiger partial charge in [0.05, 0.1) is 26.4 Å². The molecule has 2 aliphatic rings. The molecule has 0 saturated carbocycles. The van der Waals surface area contributed by atoms with Crippen LogP contribution in [0, 0.1) is 0 Å². The van der Waals surface area contributed by atoms with E-state index in [4.69, 9.17) is 28.4 Å². The van der Waals surface area contributed by atoms with Crippen molar-refractivity contribution < 1.29 is 69.0 Å². The first-order chi connectivity index (χ1) is 36.1. The first kappa shape index (κ1) is 68.6. The monoisotopic (exact) mass is 1060 g/mol. The highest BCUT2D eigenvalue weighted by molar-refractivity contribution is 5.69. The average molecular weight is 1060 g/mol. The number of ether oxygens (including phenoxy) is 6. The van der Waals surface area contributed by atoms with Crippen LogP contribution in [0.4, 0.5) is 0 Å². The lowest BCUT2D eigenvalue weighted by atomic mass is 9.98. The highest BCUT2D eigenvalue weighted by Crippen LogP contribution is 2.27. The van der Waals surface area contributed by atoms with Crippen LogP contribution in [-0.4, -0.2) is 142 Å². The van der Waals surface area contributed by atoms with Crippen molar-refractivity contribution in [2.45, 2.75) is 319 Å². The number of unbranched alkanes of at least 4 members (excludes halogenated alkanes) is 32. The highest BCUT2D eigenvalue weighted by Gasteiger charge is 2.47. The summed E-state index contributed by atoms with van der Waals surface area (Å²) < 4.78 is 34.4. The van der Waals surface area contributed by atoms with Gasteiger partial charge in [-0.05, 0) is 38.5 Å². The third-order valence-corrected chi connectivity index (χ3v) is 14.7. The van der Waals surface area contributed by atoms with E-state index in [-0.39, 0.29) is 25.6 Å². The van der Waals surface area contributed by atoms with Gasteiger partial charge >= 0.3 is 5.97 Å². The van der Waals surface area contributed by atoms with E-state index in [2.05, 4.69) is 38.2 Å². The van der Waals surface area contributed by atoms with Crippen molar-refractivity contribution in [1.82, 2.24) is 0 Å². The Morgan fingerprint density at radius 2 is 0.851 bits per heavy atom. The van der Waals surface area contributed by atoms with Crippen molar-refractivity contribution in [3.63, 3.8) is 0 Å². The largest absolute Gasteiger partial charge is 0.457 e. The molecule has 0 bridgehead atoms. The Morgan fingerprint density at radius 3 is 1.34 bits per heavy atom. The van der Waals surface area contributed by atoms with Crippen LogP contribution < -0.4 is 0 Å². The molecule has 2 saturated heterocycles. The summed E-state index contributed by atoms with van der Waals surface area (Å²) in [4.78, 5) is 13.0. The molecule has 0 radical (unpaired) electrons.